The van der Waals surface area contributed by atoms with Crippen LogP contribution in [0.25, 0.3) is 22.3 Å². The molecule has 2 heterocycles. The van der Waals surface area contributed by atoms with E-state index in [1.807, 2.05) is 31.5 Å². The van der Waals surface area contributed by atoms with Crippen molar-refractivity contribution >= 4 is 22.6 Å². The lowest BCUT2D eigenvalue weighted by atomic mass is 10.1. The van der Waals surface area contributed by atoms with Gasteiger partial charge in [0, 0.05) is 30.1 Å². The summed E-state index contributed by atoms with van der Waals surface area (Å²) in [5, 5.41) is 0.777. The summed E-state index contributed by atoms with van der Waals surface area (Å²) >= 11 is 6.54. The number of aryl methyl sites for hydroxylation is 2. The Bertz CT molecular complexity index is 1150. The lowest BCUT2D eigenvalue weighted by Gasteiger charge is -2.12. The number of rotatable bonds is 4. The summed E-state index contributed by atoms with van der Waals surface area (Å²) in [6.07, 6.45) is 4.40. The average molecular weight is 377 g/mol. The number of fused-ring (bicyclic) bond motifs is 1. The number of hydrogen-bond donors (Lipinski definition) is 0. The van der Waals surface area contributed by atoms with Crippen molar-refractivity contribution in [2.75, 3.05) is 0 Å². The molecule has 0 bridgehead atoms. The molecule has 4 aromatic rings. The molecular weight excluding hydrogens is 356 g/mol. The number of aromatic nitrogens is 4. The minimum atomic E-state index is 0.569. The Balaban J connectivity index is 1.60. The molecule has 136 valence electrons. The van der Waals surface area contributed by atoms with E-state index in [1.165, 1.54) is 24.1 Å². The summed E-state index contributed by atoms with van der Waals surface area (Å²) < 4.78 is 4.37. The maximum Gasteiger partial charge on any atom is 0.106 e. The van der Waals surface area contributed by atoms with Crippen LogP contribution in [0.5, 0.6) is 0 Å². The summed E-state index contributed by atoms with van der Waals surface area (Å²) in [4.78, 5) is 9.36. The predicted molar refractivity (Wildman–Crippen MR) is 109 cm³/mol. The molecule has 1 fully saturated rings. The van der Waals surface area contributed by atoms with Gasteiger partial charge >= 0.3 is 0 Å². The lowest BCUT2D eigenvalue weighted by molar-refractivity contribution is 0.803. The van der Waals surface area contributed by atoms with Crippen LogP contribution in [0.2, 0.25) is 5.02 Å². The number of hydrogen-bond acceptors (Lipinski definition) is 2. The second-order valence-corrected chi connectivity index (χ2v) is 7.81. The highest BCUT2D eigenvalue weighted by atomic mass is 35.5. The van der Waals surface area contributed by atoms with Crippen LogP contribution in [0.15, 0.2) is 48.8 Å². The molecule has 1 aliphatic rings. The Hall–Kier alpha value is -2.59. The molecule has 27 heavy (non-hydrogen) atoms. The van der Waals surface area contributed by atoms with Crippen LogP contribution in [0.1, 0.15) is 35.8 Å². The zero-order valence-corrected chi connectivity index (χ0v) is 16.2. The first-order valence-corrected chi connectivity index (χ1v) is 9.71. The maximum absolute atomic E-state index is 6.54. The molecular formula is C22H21ClN4. The Kier molecular flexibility index (Phi) is 3.83. The van der Waals surface area contributed by atoms with E-state index < -0.39 is 0 Å². The summed E-state index contributed by atoms with van der Waals surface area (Å²) in [7, 11) is 2.06. The quantitative estimate of drug-likeness (QED) is 0.483. The van der Waals surface area contributed by atoms with Crippen molar-refractivity contribution in [3.8, 4) is 11.3 Å². The summed E-state index contributed by atoms with van der Waals surface area (Å²) in [6.45, 7) is 2.80. The van der Waals surface area contributed by atoms with Gasteiger partial charge in [0.2, 0.25) is 0 Å². The minimum Gasteiger partial charge on any atom is -0.331 e. The van der Waals surface area contributed by atoms with E-state index in [0.29, 0.717) is 5.92 Å². The van der Waals surface area contributed by atoms with Crippen LogP contribution in [0.3, 0.4) is 0 Å². The molecule has 0 unspecified atom stereocenters. The van der Waals surface area contributed by atoms with Crippen molar-refractivity contribution in [2.45, 2.75) is 32.2 Å². The zero-order chi connectivity index (χ0) is 18.5. The van der Waals surface area contributed by atoms with E-state index in [0.717, 1.165) is 39.7 Å². The molecule has 0 radical (unpaired) electrons. The van der Waals surface area contributed by atoms with Gasteiger partial charge < -0.3 is 9.13 Å². The van der Waals surface area contributed by atoms with E-state index in [4.69, 9.17) is 16.6 Å². The summed E-state index contributed by atoms with van der Waals surface area (Å²) in [5.74, 6) is 1.59. The maximum atomic E-state index is 6.54. The Labute approximate surface area is 163 Å². The second kappa shape index (κ2) is 6.24. The number of halogens is 1. The van der Waals surface area contributed by atoms with Gasteiger partial charge in [0.05, 0.1) is 28.7 Å². The van der Waals surface area contributed by atoms with Gasteiger partial charge in [-0.05, 0) is 43.5 Å². The fourth-order valence-corrected chi connectivity index (χ4v) is 4.00. The van der Waals surface area contributed by atoms with Crippen LogP contribution in [0.4, 0.5) is 0 Å². The van der Waals surface area contributed by atoms with Crippen LogP contribution < -0.4 is 0 Å². The van der Waals surface area contributed by atoms with Crippen molar-refractivity contribution in [3.05, 3.63) is 70.9 Å². The van der Waals surface area contributed by atoms with E-state index in [1.54, 1.807) is 0 Å². The van der Waals surface area contributed by atoms with Gasteiger partial charge in [-0.1, -0.05) is 35.9 Å². The highest BCUT2D eigenvalue weighted by Crippen LogP contribution is 2.44. The SMILES string of the molecule is Cc1nc2ccc(Cn3cnc(C4CC4)c3-c3ccccc3Cl)cc2n1C. The monoisotopic (exact) mass is 376 g/mol. The third-order valence-corrected chi connectivity index (χ3v) is 5.81. The molecule has 2 aromatic carbocycles. The smallest absolute Gasteiger partial charge is 0.106 e. The molecule has 0 atom stereocenters. The molecule has 2 aromatic heterocycles. The van der Waals surface area contributed by atoms with Gasteiger partial charge in [0.1, 0.15) is 5.82 Å². The fraction of sp³-hybridized carbons (Fsp3) is 0.273. The lowest BCUT2D eigenvalue weighted by Crippen LogP contribution is -2.02. The first-order valence-electron chi connectivity index (χ1n) is 9.33. The molecule has 5 heteroatoms. The molecule has 1 saturated carbocycles. The standard InChI is InChI=1S/C22H21ClN4/c1-14-25-19-10-7-15(11-20(19)26(14)2)12-27-13-24-21(16-8-9-16)22(27)17-5-3-4-6-18(17)23/h3-7,10-11,13,16H,8-9,12H2,1-2H3. The third-order valence-electron chi connectivity index (χ3n) is 5.48. The fourth-order valence-electron chi connectivity index (χ4n) is 3.77. The molecule has 0 aliphatic heterocycles. The van der Waals surface area contributed by atoms with Crippen LogP contribution >= 0.6 is 11.6 Å². The Morgan fingerprint density at radius 3 is 2.74 bits per heavy atom. The molecule has 5 rings (SSSR count). The second-order valence-electron chi connectivity index (χ2n) is 7.40. The van der Waals surface area contributed by atoms with E-state index in [-0.39, 0.29) is 0 Å². The first-order chi connectivity index (χ1) is 13.1. The number of nitrogens with zero attached hydrogens (tertiary/aromatic N) is 4. The van der Waals surface area contributed by atoms with Crippen LogP contribution in [0, 0.1) is 6.92 Å². The van der Waals surface area contributed by atoms with Gasteiger partial charge in [-0.25, -0.2) is 9.97 Å². The van der Waals surface area contributed by atoms with Gasteiger partial charge in [0.25, 0.3) is 0 Å². The third kappa shape index (κ3) is 2.85. The van der Waals surface area contributed by atoms with Crippen LogP contribution in [-0.2, 0) is 13.6 Å². The normalized spacial score (nSPS) is 14.2. The minimum absolute atomic E-state index is 0.569. The van der Waals surface area contributed by atoms with Crippen molar-refractivity contribution in [1.82, 2.24) is 19.1 Å². The molecule has 4 nitrogen and oxygen atoms in total. The summed E-state index contributed by atoms with van der Waals surface area (Å²) in [6, 6.07) is 14.5. The molecule has 0 N–H and O–H groups in total. The average Bonchev–Trinajstić information content (AvgIpc) is 3.37. The molecule has 1 aliphatic carbocycles. The predicted octanol–water partition coefficient (Wildman–Crippen LogP) is 5.32. The van der Waals surface area contributed by atoms with Crippen molar-refractivity contribution in [3.63, 3.8) is 0 Å². The summed E-state index contributed by atoms with van der Waals surface area (Å²) in [5.41, 5.74) is 6.83. The van der Waals surface area contributed by atoms with E-state index in [9.17, 15) is 0 Å². The highest BCUT2D eigenvalue weighted by Gasteiger charge is 2.30. The highest BCUT2D eigenvalue weighted by molar-refractivity contribution is 6.33. The largest absolute Gasteiger partial charge is 0.331 e. The number of benzene rings is 2. The molecule has 0 saturated heterocycles. The van der Waals surface area contributed by atoms with E-state index in [2.05, 4.69) is 45.4 Å². The van der Waals surface area contributed by atoms with Gasteiger partial charge in [-0.15, -0.1) is 0 Å². The van der Waals surface area contributed by atoms with Crippen molar-refractivity contribution in [1.29, 1.82) is 0 Å². The van der Waals surface area contributed by atoms with Crippen molar-refractivity contribution in [2.24, 2.45) is 7.05 Å². The first kappa shape index (κ1) is 16.6. The topological polar surface area (TPSA) is 35.6 Å². The zero-order valence-electron chi connectivity index (χ0n) is 15.5. The Morgan fingerprint density at radius 2 is 1.96 bits per heavy atom. The van der Waals surface area contributed by atoms with Gasteiger partial charge in [-0.2, -0.15) is 0 Å². The molecule has 0 amide bonds. The van der Waals surface area contributed by atoms with Crippen LogP contribution in [-0.4, -0.2) is 19.1 Å². The van der Waals surface area contributed by atoms with E-state index >= 15 is 0 Å². The van der Waals surface area contributed by atoms with Gasteiger partial charge in [0.15, 0.2) is 0 Å². The molecule has 0 spiro atoms. The number of imidazole rings is 2. The van der Waals surface area contributed by atoms with Gasteiger partial charge in [-0.3, -0.25) is 0 Å². The van der Waals surface area contributed by atoms with Crippen molar-refractivity contribution < 1.29 is 0 Å². The Morgan fingerprint density at radius 1 is 1.15 bits per heavy atom.